The summed E-state index contributed by atoms with van der Waals surface area (Å²) in [4.78, 5) is 14.7. The van der Waals surface area contributed by atoms with Crippen molar-refractivity contribution in [3.05, 3.63) is 71.3 Å². The fraction of sp³-hybridized carbons (Fsp3) is 0.409. The van der Waals surface area contributed by atoms with Crippen molar-refractivity contribution in [3.63, 3.8) is 0 Å². The highest BCUT2D eigenvalue weighted by Crippen LogP contribution is 2.47. The minimum Gasteiger partial charge on any atom is -0.296 e. The molecule has 154 valence electrons. The molecule has 2 aromatic rings. The van der Waals surface area contributed by atoms with Crippen LogP contribution >= 0.6 is 0 Å². The molecule has 2 aliphatic rings. The SMILES string of the molecule is Cc1cccc(C2CC2C(=O)NS(=O)(=O)N2CCN(Cc3ccccc3)CC2)c1. The summed E-state index contributed by atoms with van der Waals surface area (Å²) in [6.45, 7) is 4.91. The van der Waals surface area contributed by atoms with Gasteiger partial charge in [-0.3, -0.25) is 9.69 Å². The Kier molecular flexibility index (Phi) is 5.72. The van der Waals surface area contributed by atoms with Gasteiger partial charge in [0.2, 0.25) is 5.91 Å². The predicted molar refractivity (Wildman–Crippen MR) is 112 cm³/mol. The summed E-state index contributed by atoms with van der Waals surface area (Å²) in [6.07, 6.45) is 0.704. The van der Waals surface area contributed by atoms with Gasteiger partial charge in [0.05, 0.1) is 0 Å². The van der Waals surface area contributed by atoms with Crippen molar-refractivity contribution in [1.82, 2.24) is 13.9 Å². The van der Waals surface area contributed by atoms with Gasteiger partial charge in [-0.05, 0) is 30.4 Å². The van der Waals surface area contributed by atoms with E-state index < -0.39 is 10.2 Å². The monoisotopic (exact) mass is 413 g/mol. The number of nitrogens with zero attached hydrogens (tertiary/aromatic N) is 2. The van der Waals surface area contributed by atoms with Crippen LogP contribution in [0.3, 0.4) is 0 Å². The Bertz CT molecular complexity index is 970. The van der Waals surface area contributed by atoms with Crippen molar-refractivity contribution in [1.29, 1.82) is 0 Å². The second kappa shape index (κ2) is 8.26. The van der Waals surface area contributed by atoms with Gasteiger partial charge in [-0.2, -0.15) is 12.7 Å². The molecule has 29 heavy (non-hydrogen) atoms. The minimum absolute atomic E-state index is 0.118. The first kappa shape index (κ1) is 20.1. The van der Waals surface area contributed by atoms with Gasteiger partial charge in [0.15, 0.2) is 0 Å². The molecule has 1 amide bonds. The van der Waals surface area contributed by atoms with E-state index in [0.29, 0.717) is 32.6 Å². The lowest BCUT2D eigenvalue weighted by Crippen LogP contribution is -2.52. The average Bonchev–Trinajstić information content (AvgIpc) is 3.50. The molecule has 1 N–H and O–H groups in total. The molecule has 0 radical (unpaired) electrons. The third kappa shape index (κ3) is 4.86. The number of hydrogen-bond donors (Lipinski definition) is 1. The number of hydrogen-bond acceptors (Lipinski definition) is 4. The van der Waals surface area contributed by atoms with Crippen LogP contribution in [-0.2, 0) is 21.5 Å². The number of carbonyl (C=O) groups excluding carboxylic acids is 1. The van der Waals surface area contributed by atoms with E-state index in [-0.39, 0.29) is 17.7 Å². The zero-order valence-electron chi connectivity index (χ0n) is 16.6. The summed E-state index contributed by atoms with van der Waals surface area (Å²) >= 11 is 0. The first-order valence-corrected chi connectivity index (χ1v) is 11.5. The van der Waals surface area contributed by atoms with Crippen LogP contribution in [0, 0.1) is 12.8 Å². The Morgan fingerprint density at radius 1 is 1.03 bits per heavy atom. The van der Waals surface area contributed by atoms with E-state index in [1.807, 2.05) is 43.3 Å². The number of nitrogens with one attached hydrogen (secondary N) is 1. The summed E-state index contributed by atoms with van der Waals surface area (Å²) in [6, 6.07) is 18.2. The van der Waals surface area contributed by atoms with Gasteiger partial charge in [-0.25, -0.2) is 4.72 Å². The van der Waals surface area contributed by atoms with E-state index in [1.54, 1.807) is 0 Å². The molecule has 1 aliphatic heterocycles. The van der Waals surface area contributed by atoms with Gasteiger partial charge < -0.3 is 0 Å². The Balaban J connectivity index is 1.29. The van der Waals surface area contributed by atoms with Crippen molar-refractivity contribution in [3.8, 4) is 0 Å². The van der Waals surface area contributed by atoms with Crippen LogP contribution in [0.1, 0.15) is 29.0 Å². The zero-order chi connectivity index (χ0) is 20.4. The maximum atomic E-state index is 12.7. The molecule has 0 aromatic heterocycles. The van der Waals surface area contributed by atoms with E-state index in [9.17, 15) is 13.2 Å². The molecule has 2 atom stereocenters. The van der Waals surface area contributed by atoms with Crippen molar-refractivity contribution >= 4 is 16.1 Å². The number of carbonyl (C=O) groups is 1. The minimum atomic E-state index is -3.79. The van der Waals surface area contributed by atoms with Crippen LogP contribution in [0.4, 0.5) is 0 Å². The Labute approximate surface area is 172 Å². The zero-order valence-corrected chi connectivity index (χ0v) is 17.4. The highest BCUT2D eigenvalue weighted by atomic mass is 32.2. The summed E-state index contributed by atoms with van der Waals surface area (Å²) in [5, 5.41) is 0. The maximum Gasteiger partial charge on any atom is 0.303 e. The second-order valence-electron chi connectivity index (χ2n) is 7.99. The van der Waals surface area contributed by atoms with E-state index in [0.717, 1.165) is 17.7 Å². The predicted octanol–water partition coefficient (Wildman–Crippen LogP) is 2.28. The summed E-state index contributed by atoms with van der Waals surface area (Å²) in [7, 11) is -3.79. The van der Waals surface area contributed by atoms with E-state index in [2.05, 4.69) is 27.8 Å². The van der Waals surface area contributed by atoms with Gasteiger partial charge in [0.25, 0.3) is 0 Å². The van der Waals surface area contributed by atoms with Gasteiger partial charge >= 0.3 is 10.2 Å². The second-order valence-corrected chi connectivity index (χ2v) is 9.67. The van der Waals surface area contributed by atoms with Gasteiger partial charge in [0.1, 0.15) is 0 Å². The fourth-order valence-corrected chi connectivity index (χ4v) is 5.17. The normalized spacial score (nSPS) is 22.9. The van der Waals surface area contributed by atoms with Crippen molar-refractivity contribution < 1.29 is 13.2 Å². The first-order valence-electron chi connectivity index (χ1n) is 10.1. The van der Waals surface area contributed by atoms with Crippen molar-refractivity contribution in [2.24, 2.45) is 5.92 Å². The molecule has 0 bridgehead atoms. The van der Waals surface area contributed by atoms with Crippen molar-refractivity contribution in [2.75, 3.05) is 26.2 Å². The lowest BCUT2D eigenvalue weighted by atomic mass is 10.1. The number of benzene rings is 2. The molecule has 7 heteroatoms. The van der Waals surface area contributed by atoms with Gasteiger partial charge in [-0.1, -0.05) is 60.2 Å². The molecule has 1 saturated carbocycles. The molecule has 2 unspecified atom stereocenters. The molecular weight excluding hydrogens is 386 g/mol. The van der Waals surface area contributed by atoms with Crippen LogP contribution in [0.25, 0.3) is 0 Å². The number of rotatable bonds is 6. The summed E-state index contributed by atoms with van der Waals surface area (Å²) < 4.78 is 29.0. The van der Waals surface area contributed by atoms with Crippen LogP contribution in [0.15, 0.2) is 54.6 Å². The first-order chi connectivity index (χ1) is 13.9. The standard InChI is InChI=1S/C22H27N3O3S/c1-17-6-5-9-19(14-17)20-15-21(20)22(26)23-29(27,28)25-12-10-24(11-13-25)16-18-7-3-2-4-8-18/h2-9,14,20-21H,10-13,15-16H2,1H3,(H,23,26). The average molecular weight is 414 g/mol. The summed E-state index contributed by atoms with van der Waals surface area (Å²) in [5.74, 6) is -0.526. The number of piperazine rings is 1. The highest BCUT2D eigenvalue weighted by molar-refractivity contribution is 7.87. The van der Waals surface area contributed by atoms with Gasteiger partial charge in [-0.15, -0.1) is 0 Å². The van der Waals surface area contributed by atoms with E-state index in [1.165, 1.54) is 9.87 Å². The van der Waals surface area contributed by atoms with Crippen LogP contribution in [0.5, 0.6) is 0 Å². The van der Waals surface area contributed by atoms with Crippen molar-refractivity contribution in [2.45, 2.75) is 25.8 Å². The van der Waals surface area contributed by atoms with Crippen LogP contribution in [0.2, 0.25) is 0 Å². The molecule has 6 nitrogen and oxygen atoms in total. The topological polar surface area (TPSA) is 69.7 Å². The molecule has 2 aromatic carbocycles. The Hall–Kier alpha value is -2.22. The van der Waals surface area contributed by atoms with Gasteiger partial charge in [0, 0.05) is 38.6 Å². The highest BCUT2D eigenvalue weighted by Gasteiger charge is 2.45. The smallest absolute Gasteiger partial charge is 0.296 e. The molecular formula is C22H27N3O3S. The molecule has 1 heterocycles. The number of aryl methyl sites for hydroxylation is 1. The number of amides is 1. The maximum absolute atomic E-state index is 12.7. The molecule has 4 rings (SSSR count). The molecule has 1 aliphatic carbocycles. The Morgan fingerprint density at radius 2 is 1.76 bits per heavy atom. The molecule has 1 saturated heterocycles. The van der Waals surface area contributed by atoms with E-state index in [4.69, 9.17) is 0 Å². The lowest BCUT2D eigenvalue weighted by molar-refractivity contribution is -0.120. The quantitative estimate of drug-likeness (QED) is 0.789. The van der Waals surface area contributed by atoms with E-state index >= 15 is 0 Å². The lowest BCUT2D eigenvalue weighted by Gasteiger charge is -2.33. The fourth-order valence-electron chi connectivity index (χ4n) is 3.99. The molecule has 2 fully saturated rings. The van der Waals surface area contributed by atoms with Crippen LogP contribution in [-0.4, -0.2) is 49.7 Å². The third-order valence-electron chi connectivity index (χ3n) is 5.75. The third-order valence-corrected chi connectivity index (χ3v) is 7.25. The summed E-state index contributed by atoms with van der Waals surface area (Å²) in [5.41, 5.74) is 3.47. The largest absolute Gasteiger partial charge is 0.303 e. The molecule has 0 spiro atoms. The van der Waals surface area contributed by atoms with Crippen LogP contribution < -0.4 is 4.72 Å². The Morgan fingerprint density at radius 3 is 2.45 bits per heavy atom.